The molecule has 0 saturated carbocycles. The molecule has 1 heterocycles. The molecule has 1 N–H and O–H groups in total. The number of hydrogen-bond donors (Lipinski definition) is 1. The topological polar surface area (TPSA) is 34.1 Å². The molecule has 4 heteroatoms. The molecule has 0 amide bonds. The first-order valence-corrected chi connectivity index (χ1v) is 7.04. The highest BCUT2D eigenvalue weighted by atomic mass is 35.5. The second-order valence-electron chi connectivity index (χ2n) is 4.76. The molecule has 106 valence electrons. The van der Waals surface area contributed by atoms with E-state index in [4.69, 9.17) is 16.3 Å². The van der Waals surface area contributed by atoms with E-state index >= 15 is 0 Å². The third-order valence-electron chi connectivity index (χ3n) is 3.32. The Morgan fingerprint density at radius 3 is 2.62 bits per heavy atom. The van der Waals surface area contributed by atoms with Crippen LogP contribution in [0.25, 0.3) is 10.8 Å². The Hall–Kier alpha value is -2.26. The summed E-state index contributed by atoms with van der Waals surface area (Å²) in [5.74, 6) is 1.71. The fourth-order valence-electron chi connectivity index (χ4n) is 2.15. The highest BCUT2D eigenvalue weighted by molar-refractivity contribution is 6.31. The van der Waals surface area contributed by atoms with Crippen LogP contribution < -0.4 is 10.1 Å². The van der Waals surface area contributed by atoms with E-state index in [-0.39, 0.29) is 0 Å². The molecule has 0 bridgehead atoms. The van der Waals surface area contributed by atoms with E-state index < -0.39 is 0 Å². The van der Waals surface area contributed by atoms with Gasteiger partial charge >= 0.3 is 0 Å². The van der Waals surface area contributed by atoms with Crippen molar-refractivity contribution in [3.05, 3.63) is 65.3 Å². The van der Waals surface area contributed by atoms with Crippen LogP contribution in [-0.4, -0.2) is 12.1 Å². The number of methoxy groups -OCH3 is 1. The number of fused-ring (bicyclic) bond motifs is 1. The number of ether oxygens (including phenoxy) is 1. The van der Waals surface area contributed by atoms with Gasteiger partial charge in [-0.2, -0.15) is 0 Å². The molecule has 3 nitrogen and oxygen atoms in total. The Morgan fingerprint density at radius 2 is 1.86 bits per heavy atom. The lowest BCUT2D eigenvalue weighted by Crippen LogP contribution is -2.01. The summed E-state index contributed by atoms with van der Waals surface area (Å²) in [4.78, 5) is 4.40. The molecule has 2 aromatic carbocycles. The van der Waals surface area contributed by atoms with Gasteiger partial charge in [-0.05, 0) is 41.3 Å². The maximum atomic E-state index is 5.97. The Kier molecular flexibility index (Phi) is 3.93. The molecule has 0 radical (unpaired) electrons. The molecule has 0 aliphatic carbocycles. The van der Waals surface area contributed by atoms with E-state index in [1.54, 1.807) is 7.11 Å². The van der Waals surface area contributed by atoms with E-state index in [2.05, 4.69) is 10.3 Å². The maximum Gasteiger partial charge on any atom is 0.126 e. The molecule has 0 aliphatic rings. The second-order valence-corrected chi connectivity index (χ2v) is 5.20. The minimum Gasteiger partial charge on any atom is -0.497 e. The number of aromatic nitrogens is 1. The lowest BCUT2D eigenvalue weighted by Gasteiger charge is -2.08. The quantitative estimate of drug-likeness (QED) is 0.769. The first kappa shape index (κ1) is 13.7. The summed E-state index contributed by atoms with van der Waals surface area (Å²) in [6.07, 6.45) is 1.83. The van der Waals surface area contributed by atoms with Gasteiger partial charge in [-0.1, -0.05) is 29.8 Å². The molecule has 0 aliphatic heterocycles. The van der Waals surface area contributed by atoms with Gasteiger partial charge in [0.25, 0.3) is 0 Å². The van der Waals surface area contributed by atoms with E-state index in [0.717, 1.165) is 33.9 Å². The summed E-state index contributed by atoms with van der Waals surface area (Å²) in [7, 11) is 1.67. The summed E-state index contributed by atoms with van der Waals surface area (Å²) in [5, 5.41) is 6.20. The lowest BCUT2D eigenvalue weighted by atomic mass is 10.2. The number of benzene rings is 2. The minimum absolute atomic E-state index is 0.718. The normalized spacial score (nSPS) is 10.6. The van der Waals surface area contributed by atoms with Gasteiger partial charge in [0.15, 0.2) is 0 Å². The monoisotopic (exact) mass is 298 g/mol. The first-order chi connectivity index (χ1) is 10.2. The predicted octanol–water partition coefficient (Wildman–Crippen LogP) is 4.51. The maximum absolute atomic E-state index is 5.97. The summed E-state index contributed by atoms with van der Waals surface area (Å²) < 4.78 is 5.15. The molecule has 0 spiro atoms. The molecule has 0 saturated heterocycles. The van der Waals surface area contributed by atoms with E-state index in [1.807, 2.05) is 54.7 Å². The third kappa shape index (κ3) is 3.26. The van der Waals surface area contributed by atoms with Crippen LogP contribution >= 0.6 is 11.6 Å². The van der Waals surface area contributed by atoms with Crippen LogP contribution in [0.2, 0.25) is 5.02 Å². The first-order valence-electron chi connectivity index (χ1n) is 6.67. The van der Waals surface area contributed by atoms with Crippen molar-refractivity contribution in [1.29, 1.82) is 0 Å². The van der Waals surface area contributed by atoms with E-state index in [9.17, 15) is 0 Å². The van der Waals surface area contributed by atoms with Gasteiger partial charge < -0.3 is 10.1 Å². The van der Waals surface area contributed by atoms with Crippen LogP contribution in [0.3, 0.4) is 0 Å². The Balaban J connectivity index is 1.73. The number of rotatable bonds is 4. The highest BCUT2D eigenvalue weighted by Crippen LogP contribution is 2.21. The number of pyridine rings is 1. The number of nitrogens with one attached hydrogen (secondary N) is 1. The predicted molar refractivity (Wildman–Crippen MR) is 87.1 cm³/mol. The van der Waals surface area contributed by atoms with Crippen molar-refractivity contribution in [1.82, 2.24) is 4.98 Å². The van der Waals surface area contributed by atoms with Gasteiger partial charge in [-0.25, -0.2) is 4.98 Å². The van der Waals surface area contributed by atoms with Crippen molar-refractivity contribution >= 4 is 28.2 Å². The molecule has 0 fully saturated rings. The zero-order valence-electron chi connectivity index (χ0n) is 11.6. The van der Waals surface area contributed by atoms with Crippen LogP contribution in [0.4, 0.5) is 5.82 Å². The Morgan fingerprint density at radius 1 is 1.05 bits per heavy atom. The zero-order valence-corrected chi connectivity index (χ0v) is 12.4. The van der Waals surface area contributed by atoms with Gasteiger partial charge in [-0.3, -0.25) is 0 Å². The van der Waals surface area contributed by atoms with E-state index in [1.165, 1.54) is 5.56 Å². The average molecular weight is 299 g/mol. The van der Waals surface area contributed by atoms with Crippen LogP contribution in [0.5, 0.6) is 5.75 Å². The van der Waals surface area contributed by atoms with Gasteiger partial charge in [0.05, 0.1) is 7.11 Å². The summed E-state index contributed by atoms with van der Waals surface area (Å²) in [6, 6.07) is 15.8. The third-order valence-corrected chi connectivity index (χ3v) is 3.55. The van der Waals surface area contributed by atoms with Crippen molar-refractivity contribution in [2.75, 3.05) is 12.4 Å². The molecule has 0 unspecified atom stereocenters. The number of anilines is 1. The van der Waals surface area contributed by atoms with Crippen molar-refractivity contribution in [3.8, 4) is 5.75 Å². The fraction of sp³-hybridized carbons (Fsp3) is 0.118. The fourth-order valence-corrected chi connectivity index (χ4v) is 2.33. The van der Waals surface area contributed by atoms with Crippen molar-refractivity contribution in [2.45, 2.75) is 6.54 Å². The second kappa shape index (κ2) is 6.02. The standard InChI is InChI=1S/C17H15ClN2O/c1-21-16-6-2-12(3-7-16)10-19-17-9-13-4-5-15(18)8-14(13)11-20-17/h2-9,11H,10H2,1H3,(H,19,20). The SMILES string of the molecule is COc1ccc(CNc2cc3ccc(Cl)cc3cn2)cc1. The highest BCUT2D eigenvalue weighted by Gasteiger charge is 2.00. The molecule has 1 aromatic heterocycles. The van der Waals surface area contributed by atoms with Crippen LogP contribution in [-0.2, 0) is 6.54 Å². The van der Waals surface area contributed by atoms with Crippen molar-refractivity contribution in [3.63, 3.8) is 0 Å². The van der Waals surface area contributed by atoms with E-state index in [0.29, 0.717) is 0 Å². The zero-order chi connectivity index (χ0) is 14.7. The van der Waals surface area contributed by atoms with Gasteiger partial charge in [0.1, 0.15) is 11.6 Å². The molecule has 0 atom stereocenters. The van der Waals surface area contributed by atoms with Crippen LogP contribution in [0.1, 0.15) is 5.56 Å². The molecule has 3 aromatic rings. The van der Waals surface area contributed by atoms with Crippen molar-refractivity contribution in [2.24, 2.45) is 0 Å². The molecule has 3 rings (SSSR count). The average Bonchev–Trinajstić information content (AvgIpc) is 2.53. The Bertz CT molecular complexity index is 756. The minimum atomic E-state index is 0.718. The van der Waals surface area contributed by atoms with Gasteiger partial charge in [0.2, 0.25) is 0 Å². The smallest absolute Gasteiger partial charge is 0.126 e. The number of halogens is 1. The van der Waals surface area contributed by atoms with Crippen LogP contribution in [0, 0.1) is 0 Å². The van der Waals surface area contributed by atoms with Gasteiger partial charge in [-0.15, -0.1) is 0 Å². The molecule has 21 heavy (non-hydrogen) atoms. The summed E-state index contributed by atoms with van der Waals surface area (Å²) >= 11 is 5.97. The summed E-state index contributed by atoms with van der Waals surface area (Å²) in [6.45, 7) is 0.718. The lowest BCUT2D eigenvalue weighted by molar-refractivity contribution is 0.414. The summed E-state index contributed by atoms with van der Waals surface area (Å²) in [5.41, 5.74) is 1.17. The molecular formula is C17H15ClN2O. The van der Waals surface area contributed by atoms with Crippen molar-refractivity contribution < 1.29 is 4.74 Å². The number of nitrogens with zero attached hydrogens (tertiary/aromatic N) is 1. The van der Waals surface area contributed by atoms with Crippen LogP contribution in [0.15, 0.2) is 54.7 Å². The number of hydrogen-bond acceptors (Lipinski definition) is 3. The largest absolute Gasteiger partial charge is 0.497 e. The molecular weight excluding hydrogens is 284 g/mol. The van der Waals surface area contributed by atoms with Gasteiger partial charge in [0, 0.05) is 23.2 Å². The Labute approximate surface area is 128 Å².